The molecule has 0 aliphatic carbocycles. The van der Waals surface area contributed by atoms with Crippen LogP contribution in [0.25, 0.3) is 0 Å². The maximum atomic E-state index is 12.5. The number of ether oxygens (including phenoxy) is 1. The number of benzene rings is 2. The van der Waals surface area contributed by atoms with Crippen LogP contribution in [0.15, 0.2) is 48.5 Å². The van der Waals surface area contributed by atoms with E-state index in [0.29, 0.717) is 33.8 Å². The summed E-state index contributed by atoms with van der Waals surface area (Å²) >= 11 is 6.14. The normalized spacial score (nSPS) is 10.4. The van der Waals surface area contributed by atoms with E-state index in [9.17, 15) is 4.79 Å². The van der Waals surface area contributed by atoms with E-state index in [2.05, 4.69) is 20.6 Å². The molecule has 0 radical (unpaired) electrons. The second-order valence-corrected chi connectivity index (χ2v) is 6.42. The van der Waals surface area contributed by atoms with Gasteiger partial charge in [-0.05, 0) is 50.2 Å². The van der Waals surface area contributed by atoms with Crippen molar-refractivity contribution < 1.29 is 9.53 Å². The Kier molecular flexibility index (Phi) is 5.57. The fourth-order valence-electron chi connectivity index (χ4n) is 2.45. The molecule has 6 nitrogen and oxygen atoms in total. The number of carbonyl (C=O) groups excluding carboxylic acids is 1. The highest BCUT2D eigenvalue weighted by Crippen LogP contribution is 2.28. The summed E-state index contributed by atoms with van der Waals surface area (Å²) in [5, 5.41) is 6.36. The third-order valence-corrected chi connectivity index (χ3v) is 4.10. The van der Waals surface area contributed by atoms with Crippen LogP contribution in [-0.2, 0) is 0 Å². The van der Waals surface area contributed by atoms with Crippen LogP contribution in [0.3, 0.4) is 0 Å². The summed E-state index contributed by atoms with van der Waals surface area (Å²) in [6.45, 7) is 3.79. The molecule has 7 heteroatoms. The summed E-state index contributed by atoms with van der Waals surface area (Å²) in [7, 11) is 1.55. The zero-order valence-corrected chi connectivity index (χ0v) is 16.0. The van der Waals surface area contributed by atoms with E-state index in [4.69, 9.17) is 16.3 Å². The Hall–Kier alpha value is -3.12. The van der Waals surface area contributed by atoms with E-state index in [-0.39, 0.29) is 11.6 Å². The van der Waals surface area contributed by atoms with Gasteiger partial charge in [-0.1, -0.05) is 29.3 Å². The number of carbonyl (C=O) groups is 1. The fraction of sp³-hybridized carbons (Fsp3) is 0.150. The second kappa shape index (κ2) is 8.05. The Morgan fingerprint density at radius 1 is 1.00 bits per heavy atom. The van der Waals surface area contributed by atoms with Crippen molar-refractivity contribution in [3.05, 3.63) is 70.5 Å². The zero-order valence-electron chi connectivity index (χ0n) is 15.2. The van der Waals surface area contributed by atoms with Crippen LogP contribution in [0.5, 0.6) is 5.75 Å². The number of nitrogens with one attached hydrogen (secondary N) is 2. The second-order valence-electron chi connectivity index (χ2n) is 6.01. The minimum atomic E-state index is -0.305. The van der Waals surface area contributed by atoms with E-state index in [0.717, 1.165) is 5.56 Å². The lowest BCUT2D eigenvalue weighted by molar-refractivity contribution is 0.102. The first-order valence-electron chi connectivity index (χ1n) is 8.29. The van der Waals surface area contributed by atoms with Gasteiger partial charge in [0.1, 0.15) is 11.4 Å². The predicted octanol–water partition coefficient (Wildman–Crippen LogP) is 4.75. The van der Waals surface area contributed by atoms with E-state index in [1.54, 1.807) is 38.3 Å². The van der Waals surface area contributed by atoms with Crippen molar-refractivity contribution in [3.63, 3.8) is 0 Å². The monoisotopic (exact) mass is 382 g/mol. The molecule has 0 fully saturated rings. The molecule has 0 atom stereocenters. The first-order chi connectivity index (χ1) is 12.9. The Morgan fingerprint density at radius 3 is 2.37 bits per heavy atom. The van der Waals surface area contributed by atoms with Crippen molar-refractivity contribution in [2.75, 3.05) is 17.7 Å². The van der Waals surface area contributed by atoms with Crippen LogP contribution in [-0.4, -0.2) is 23.0 Å². The highest BCUT2D eigenvalue weighted by Gasteiger charge is 2.12. The van der Waals surface area contributed by atoms with Gasteiger partial charge >= 0.3 is 0 Å². The SMILES string of the molecule is COc1ccc(Nc2nc(C)cc(C(=O)Nc3ccc(C)cc3)n2)cc1Cl. The summed E-state index contributed by atoms with van der Waals surface area (Å²) in [6, 6.07) is 14.4. The Bertz CT molecular complexity index is 974. The number of amides is 1. The van der Waals surface area contributed by atoms with Gasteiger partial charge in [0.2, 0.25) is 5.95 Å². The molecular formula is C20H19ClN4O2. The van der Waals surface area contributed by atoms with E-state index < -0.39 is 0 Å². The topological polar surface area (TPSA) is 76.1 Å². The predicted molar refractivity (Wildman–Crippen MR) is 107 cm³/mol. The van der Waals surface area contributed by atoms with E-state index >= 15 is 0 Å². The summed E-state index contributed by atoms with van der Waals surface area (Å²) in [6.07, 6.45) is 0. The van der Waals surface area contributed by atoms with Gasteiger partial charge in [0.15, 0.2) is 0 Å². The van der Waals surface area contributed by atoms with Gasteiger partial charge in [-0.3, -0.25) is 4.79 Å². The van der Waals surface area contributed by atoms with Crippen molar-refractivity contribution in [2.24, 2.45) is 0 Å². The van der Waals surface area contributed by atoms with Crippen LogP contribution < -0.4 is 15.4 Å². The summed E-state index contributed by atoms with van der Waals surface area (Å²) < 4.78 is 5.14. The molecular weight excluding hydrogens is 364 g/mol. The van der Waals surface area contributed by atoms with Gasteiger partial charge < -0.3 is 15.4 Å². The lowest BCUT2D eigenvalue weighted by atomic mass is 10.2. The number of anilines is 3. The zero-order chi connectivity index (χ0) is 19.4. The average Bonchev–Trinajstić information content (AvgIpc) is 2.63. The molecule has 2 N–H and O–H groups in total. The number of halogens is 1. The smallest absolute Gasteiger partial charge is 0.274 e. The molecule has 2 aromatic carbocycles. The highest BCUT2D eigenvalue weighted by molar-refractivity contribution is 6.32. The lowest BCUT2D eigenvalue weighted by Crippen LogP contribution is -2.15. The molecule has 27 heavy (non-hydrogen) atoms. The maximum absolute atomic E-state index is 12.5. The Balaban J connectivity index is 1.80. The van der Waals surface area contributed by atoms with Crippen molar-refractivity contribution in [3.8, 4) is 5.75 Å². The number of rotatable bonds is 5. The largest absolute Gasteiger partial charge is 0.495 e. The molecule has 0 aliphatic rings. The van der Waals surface area contributed by atoms with Gasteiger partial charge in [0.25, 0.3) is 5.91 Å². The number of hydrogen-bond donors (Lipinski definition) is 2. The Morgan fingerprint density at radius 2 is 1.70 bits per heavy atom. The number of hydrogen-bond acceptors (Lipinski definition) is 5. The summed E-state index contributed by atoms with van der Waals surface area (Å²) in [5.41, 5.74) is 3.46. The fourth-order valence-corrected chi connectivity index (χ4v) is 2.70. The number of methoxy groups -OCH3 is 1. The van der Waals surface area contributed by atoms with E-state index in [1.165, 1.54) is 0 Å². The van der Waals surface area contributed by atoms with Crippen LogP contribution in [0.2, 0.25) is 5.02 Å². The first-order valence-corrected chi connectivity index (χ1v) is 8.66. The molecule has 1 heterocycles. The summed E-state index contributed by atoms with van der Waals surface area (Å²) in [5.74, 6) is 0.580. The quantitative estimate of drug-likeness (QED) is 0.665. The van der Waals surface area contributed by atoms with Gasteiger partial charge in [-0.25, -0.2) is 9.97 Å². The molecule has 0 saturated heterocycles. The molecule has 1 amide bonds. The van der Waals surface area contributed by atoms with Crippen LogP contribution in [0, 0.1) is 13.8 Å². The van der Waals surface area contributed by atoms with Crippen molar-refractivity contribution in [1.82, 2.24) is 9.97 Å². The molecule has 0 aliphatic heterocycles. The third-order valence-electron chi connectivity index (χ3n) is 3.80. The standard InChI is InChI=1S/C20H19ClN4O2/c1-12-4-6-14(7-5-12)23-19(26)17-10-13(2)22-20(25-17)24-15-8-9-18(27-3)16(21)11-15/h4-11H,1-3H3,(H,23,26)(H,22,24,25). The van der Waals surface area contributed by atoms with E-state index in [1.807, 2.05) is 31.2 Å². The van der Waals surface area contributed by atoms with Crippen molar-refractivity contribution >= 4 is 34.8 Å². The van der Waals surface area contributed by atoms with Crippen molar-refractivity contribution in [1.29, 1.82) is 0 Å². The summed E-state index contributed by atoms with van der Waals surface area (Å²) in [4.78, 5) is 21.2. The highest BCUT2D eigenvalue weighted by atomic mass is 35.5. The minimum absolute atomic E-state index is 0.269. The molecule has 0 bridgehead atoms. The molecule has 1 aromatic heterocycles. The maximum Gasteiger partial charge on any atom is 0.274 e. The van der Waals surface area contributed by atoms with Crippen LogP contribution in [0.4, 0.5) is 17.3 Å². The Labute approximate surface area is 162 Å². The minimum Gasteiger partial charge on any atom is -0.495 e. The molecule has 0 unspecified atom stereocenters. The molecule has 0 saturated carbocycles. The number of aryl methyl sites for hydroxylation is 2. The molecule has 138 valence electrons. The van der Waals surface area contributed by atoms with Gasteiger partial charge in [0, 0.05) is 17.1 Å². The van der Waals surface area contributed by atoms with Crippen LogP contribution >= 0.6 is 11.6 Å². The first kappa shape index (κ1) is 18.7. The van der Waals surface area contributed by atoms with Gasteiger partial charge in [0.05, 0.1) is 12.1 Å². The average molecular weight is 383 g/mol. The van der Waals surface area contributed by atoms with Gasteiger partial charge in [-0.15, -0.1) is 0 Å². The molecule has 0 spiro atoms. The van der Waals surface area contributed by atoms with Gasteiger partial charge in [-0.2, -0.15) is 0 Å². The number of aromatic nitrogens is 2. The molecule has 3 aromatic rings. The molecule has 3 rings (SSSR count). The van der Waals surface area contributed by atoms with Crippen LogP contribution in [0.1, 0.15) is 21.7 Å². The lowest BCUT2D eigenvalue weighted by Gasteiger charge is -2.10. The number of nitrogens with zero attached hydrogens (tertiary/aromatic N) is 2. The van der Waals surface area contributed by atoms with Crippen molar-refractivity contribution in [2.45, 2.75) is 13.8 Å². The third kappa shape index (κ3) is 4.74.